The maximum absolute atomic E-state index is 13.2. The van der Waals surface area contributed by atoms with E-state index < -0.39 is 0 Å². The Morgan fingerprint density at radius 1 is 0.926 bits per heavy atom. The molecule has 0 aromatic heterocycles. The largest absolute Gasteiger partial charge is 0.395 e. The fourth-order valence-electron chi connectivity index (χ4n) is 3.29. The minimum atomic E-state index is -0.236. The molecule has 2 aromatic rings. The molecule has 0 unspecified atom stereocenters. The molecule has 0 radical (unpaired) electrons. The van der Waals surface area contributed by atoms with Gasteiger partial charge in [0.1, 0.15) is 0 Å². The monoisotopic (exact) mass is 369 g/mol. The van der Waals surface area contributed by atoms with E-state index in [9.17, 15) is 19.8 Å². The molecule has 3 rings (SSSR count). The molecule has 2 N–H and O–H groups in total. The van der Waals surface area contributed by atoms with Crippen molar-refractivity contribution in [2.75, 3.05) is 49.7 Å². The zero-order chi connectivity index (χ0) is 19.4. The van der Waals surface area contributed by atoms with Gasteiger partial charge < -0.3 is 15.1 Å². The Kier molecular flexibility index (Phi) is 5.85. The van der Waals surface area contributed by atoms with Crippen molar-refractivity contribution < 1.29 is 19.8 Å². The summed E-state index contributed by atoms with van der Waals surface area (Å²) in [5.41, 5.74) is 2.23. The predicted octanol–water partition coefficient (Wildman–Crippen LogP) is 1.23. The molecule has 0 saturated carbocycles. The van der Waals surface area contributed by atoms with Gasteiger partial charge in [-0.25, -0.2) is 0 Å². The third kappa shape index (κ3) is 3.71. The zero-order valence-electron chi connectivity index (χ0n) is 15.2. The van der Waals surface area contributed by atoms with Crippen LogP contribution in [0.3, 0.4) is 0 Å². The summed E-state index contributed by atoms with van der Waals surface area (Å²) in [4.78, 5) is 30.9. The highest BCUT2D eigenvalue weighted by atomic mass is 16.3. The zero-order valence-corrected chi connectivity index (χ0v) is 15.2. The Morgan fingerprint density at radius 2 is 1.48 bits per heavy atom. The van der Waals surface area contributed by atoms with Crippen LogP contribution in [0.15, 0.2) is 48.5 Å². The van der Waals surface area contributed by atoms with Crippen LogP contribution in [0.4, 0.5) is 17.1 Å². The molecule has 7 nitrogen and oxygen atoms in total. The van der Waals surface area contributed by atoms with E-state index in [4.69, 9.17) is 0 Å². The van der Waals surface area contributed by atoms with Gasteiger partial charge in [-0.15, -0.1) is 0 Å². The van der Waals surface area contributed by atoms with Gasteiger partial charge in [0.15, 0.2) is 0 Å². The maximum Gasteiger partial charge on any atom is 0.260 e. The van der Waals surface area contributed by atoms with Crippen LogP contribution in [-0.4, -0.2) is 66.8 Å². The Morgan fingerprint density at radius 3 is 2.11 bits per heavy atom. The average molecular weight is 369 g/mol. The first-order chi connectivity index (χ1) is 13.1. The summed E-state index contributed by atoms with van der Waals surface area (Å²) in [6.45, 7) is 0.357. The van der Waals surface area contributed by atoms with Gasteiger partial charge in [-0.1, -0.05) is 24.3 Å². The number of rotatable bonds is 6. The molecule has 0 spiro atoms. The molecule has 1 aliphatic rings. The lowest BCUT2D eigenvalue weighted by atomic mass is 10.1. The van der Waals surface area contributed by atoms with Gasteiger partial charge >= 0.3 is 0 Å². The predicted molar refractivity (Wildman–Crippen MR) is 103 cm³/mol. The molecule has 1 aliphatic heterocycles. The van der Waals surface area contributed by atoms with Gasteiger partial charge in [0.2, 0.25) is 5.91 Å². The number of nitrogens with zero attached hydrogens (tertiary/aromatic N) is 3. The third-order valence-electron chi connectivity index (χ3n) is 4.60. The van der Waals surface area contributed by atoms with Crippen LogP contribution in [0.25, 0.3) is 0 Å². The van der Waals surface area contributed by atoms with Gasteiger partial charge in [0.05, 0.1) is 42.4 Å². The second-order valence-corrected chi connectivity index (χ2v) is 6.32. The Hall–Kier alpha value is -2.74. The molecule has 0 fully saturated rings. The number of carbonyl (C=O) groups excluding carboxylic acids is 2. The summed E-state index contributed by atoms with van der Waals surface area (Å²) in [6, 6.07) is 14.3. The molecule has 0 atom stereocenters. The van der Waals surface area contributed by atoms with E-state index in [1.807, 2.05) is 18.2 Å². The smallest absolute Gasteiger partial charge is 0.260 e. The van der Waals surface area contributed by atoms with Crippen LogP contribution in [0.2, 0.25) is 0 Å². The number of amides is 2. The van der Waals surface area contributed by atoms with Crippen molar-refractivity contribution in [1.29, 1.82) is 0 Å². The van der Waals surface area contributed by atoms with Crippen LogP contribution in [0.5, 0.6) is 0 Å². The van der Waals surface area contributed by atoms with Crippen LogP contribution in [0, 0.1) is 0 Å². The fourth-order valence-corrected chi connectivity index (χ4v) is 3.29. The van der Waals surface area contributed by atoms with Crippen molar-refractivity contribution in [3.63, 3.8) is 0 Å². The molecule has 7 heteroatoms. The molecular formula is C20H23N3O4. The van der Waals surface area contributed by atoms with Crippen LogP contribution in [0.1, 0.15) is 10.4 Å². The first-order valence-corrected chi connectivity index (χ1v) is 8.81. The summed E-state index contributed by atoms with van der Waals surface area (Å²) in [7, 11) is 1.69. The average Bonchev–Trinajstić information content (AvgIpc) is 2.77. The maximum atomic E-state index is 13.2. The summed E-state index contributed by atoms with van der Waals surface area (Å²) in [5, 5.41) is 18.4. The van der Waals surface area contributed by atoms with Gasteiger partial charge in [0.25, 0.3) is 5.91 Å². The van der Waals surface area contributed by atoms with Crippen LogP contribution in [-0.2, 0) is 4.79 Å². The molecule has 0 bridgehead atoms. The molecule has 2 aromatic carbocycles. The molecule has 1 heterocycles. The summed E-state index contributed by atoms with van der Waals surface area (Å²) >= 11 is 0. The lowest BCUT2D eigenvalue weighted by Gasteiger charge is -2.28. The standard InChI is InChI=1S/C20H23N3O4/c1-21-17-8-4-5-9-18(17)23(16-7-3-2-6-15(16)20(21)27)19(26)14-22(10-12-24)11-13-25/h2-9,24-25H,10-14H2,1H3. The number of aliphatic hydroxyl groups is 2. The van der Waals surface area contributed by atoms with Crippen molar-refractivity contribution in [1.82, 2.24) is 4.90 Å². The SMILES string of the molecule is CN1C(=O)c2ccccc2N(C(=O)CN(CCO)CCO)c2ccccc21. The number of fused-ring (bicyclic) bond motifs is 2. The summed E-state index contributed by atoms with van der Waals surface area (Å²) < 4.78 is 0. The van der Waals surface area contributed by atoms with Gasteiger partial charge in [-0.2, -0.15) is 0 Å². The highest BCUT2D eigenvalue weighted by molar-refractivity contribution is 6.18. The van der Waals surface area contributed by atoms with Crippen molar-refractivity contribution in [3.8, 4) is 0 Å². The number of anilines is 3. The van der Waals surface area contributed by atoms with Crippen molar-refractivity contribution in [2.24, 2.45) is 0 Å². The number of aliphatic hydroxyl groups excluding tert-OH is 2. The van der Waals surface area contributed by atoms with Gasteiger partial charge in [-0.05, 0) is 24.3 Å². The van der Waals surface area contributed by atoms with Crippen molar-refractivity contribution in [3.05, 3.63) is 54.1 Å². The molecule has 0 aliphatic carbocycles. The van der Waals surface area contributed by atoms with E-state index in [2.05, 4.69) is 0 Å². The molecule has 2 amide bonds. The van der Waals surface area contributed by atoms with E-state index in [1.54, 1.807) is 52.1 Å². The quantitative estimate of drug-likeness (QED) is 0.800. The second kappa shape index (κ2) is 8.30. The van der Waals surface area contributed by atoms with E-state index in [-0.39, 0.29) is 44.7 Å². The first kappa shape index (κ1) is 19.0. The van der Waals surface area contributed by atoms with Gasteiger partial charge in [0, 0.05) is 20.1 Å². The molecule has 142 valence electrons. The number of benzene rings is 2. The van der Waals surface area contributed by atoms with Crippen molar-refractivity contribution >= 4 is 28.9 Å². The minimum absolute atomic E-state index is 0.0156. The lowest BCUT2D eigenvalue weighted by Crippen LogP contribution is -2.40. The van der Waals surface area contributed by atoms with E-state index >= 15 is 0 Å². The summed E-state index contributed by atoms with van der Waals surface area (Å²) in [5.74, 6) is -0.421. The normalized spacial score (nSPS) is 13.4. The topological polar surface area (TPSA) is 84.3 Å². The van der Waals surface area contributed by atoms with Crippen LogP contribution < -0.4 is 9.80 Å². The van der Waals surface area contributed by atoms with E-state index in [0.29, 0.717) is 22.6 Å². The number of hydrogen-bond acceptors (Lipinski definition) is 5. The Bertz CT molecular complexity index is 833. The molecular weight excluding hydrogens is 346 g/mol. The highest BCUT2D eigenvalue weighted by Gasteiger charge is 2.32. The minimum Gasteiger partial charge on any atom is -0.395 e. The highest BCUT2D eigenvalue weighted by Crippen LogP contribution is 2.40. The number of carbonyl (C=O) groups is 2. The Balaban J connectivity index is 2.08. The lowest BCUT2D eigenvalue weighted by molar-refractivity contribution is -0.119. The first-order valence-electron chi connectivity index (χ1n) is 8.81. The van der Waals surface area contributed by atoms with E-state index in [1.165, 1.54) is 0 Å². The number of para-hydroxylation sites is 3. The molecule has 27 heavy (non-hydrogen) atoms. The third-order valence-corrected chi connectivity index (χ3v) is 4.60. The summed E-state index contributed by atoms with van der Waals surface area (Å²) in [6.07, 6.45) is 0. The van der Waals surface area contributed by atoms with Gasteiger partial charge in [-0.3, -0.25) is 19.4 Å². The Labute approximate surface area is 158 Å². The fraction of sp³-hybridized carbons (Fsp3) is 0.300. The van der Waals surface area contributed by atoms with Crippen LogP contribution >= 0.6 is 0 Å². The second-order valence-electron chi connectivity index (χ2n) is 6.32. The number of hydrogen-bond donors (Lipinski definition) is 2. The van der Waals surface area contributed by atoms with E-state index in [0.717, 1.165) is 0 Å². The van der Waals surface area contributed by atoms with Crippen molar-refractivity contribution in [2.45, 2.75) is 0 Å². The molecule has 0 saturated heterocycles.